The van der Waals surface area contributed by atoms with Gasteiger partial charge in [-0.3, -0.25) is 0 Å². The van der Waals surface area contributed by atoms with Gasteiger partial charge in [-0.1, -0.05) is 12.2 Å². The highest BCUT2D eigenvalue weighted by Crippen LogP contribution is 2.27. The van der Waals surface area contributed by atoms with Crippen molar-refractivity contribution in [2.24, 2.45) is 5.73 Å². The van der Waals surface area contributed by atoms with E-state index < -0.39 is 11.6 Å². The summed E-state index contributed by atoms with van der Waals surface area (Å²) in [5, 5.41) is 2.85. The Labute approximate surface area is 97.8 Å². The summed E-state index contributed by atoms with van der Waals surface area (Å²) in [4.78, 5) is -0.00649. The van der Waals surface area contributed by atoms with Gasteiger partial charge in [0.25, 0.3) is 0 Å². The SMILES string of the molecule is NC(=S)c1cc(F)c(NC2CCC2)c(F)c1. The van der Waals surface area contributed by atoms with Gasteiger partial charge in [0.05, 0.1) is 0 Å². The largest absolute Gasteiger partial charge is 0.389 e. The molecule has 0 aliphatic heterocycles. The fourth-order valence-electron chi connectivity index (χ4n) is 1.61. The lowest BCUT2D eigenvalue weighted by atomic mass is 9.93. The normalized spacial score (nSPS) is 15.6. The minimum atomic E-state index is -0.644. The molecule has 0 bridgehead atoms. The standard InChI is InChI=1S/C11H12F2N2S/c12-8-4-6(11(14)16)5-9(13)10(8)15-7-2-1-3-7/h4-5,7,15H,1-3H2,(H2,14,16). The van der Waals surface area contributed by atoms with Gasteiger partial charge in [-0.25, -0.2) is 8.78 Å². The van der Waals surface area contributed by atoms with Gasteiger partial charge < -0.3 is 11.1 Å². The molecule has 1 aromatic rings. The second kappa shape index (κ2) is 4.33. The van der Waals surface area contributed by atoms with Crippen molar-refractivity contribution >= 4 is 22.9 Å². The van der Waals surface area contributed by atoms with Gasteiger partial charge in [-0.15, -0.1) is 0 Å². The van der Waals surface area contributed by atoms with E-state index in [1.807, 2.05) is 0 Å². The van der Waals surface area contributed by atoms with Gasteiger partial charge >= 0.3 is 0 Å². The first kappa shape index (κ1) is 11.3. The summed E-state index contributed by atoms with van der Waals surface area (Å²) < 4.78 is 27.1. The molecule has 5 heteroatoms. The fraction of sp³-hybridized carbons (Fsp3) is 0.364. The third-order valence-electron chi connectivity index (χ3n) is 2.78. The number of nitrogens with two attached hydrogens (primary N) is 1. The Morgan fingerprint density at radius 3 is 2.25 bits per heavy atom. The Morgan fingerprint density at radius 2 is 1.88 bits per heavy atom. The molecular weight excluding hydrogens is 230 g/mol. The second-order valence-corrected chi connectivity index (χ2v) is 4.39. The van der Waals surface area contributed by atoms with Crippen LogP contribution >= 0.6 is 12.2 Å². The topological polar surface area (TPSA) is 38.0 Å². The Hall–Kier alpha value is -1.23. The Bertz CT molecular complexity index is 407. The first-order valence-electron chi connectivity index (χ1n) is 5.13. The molecule has 0 unspecified atom stereocenters. The minimum absolute atomic E-state index is 0.00649. The summed E-state index contributed by atoms with van der Waals surface area (Å²) in [6.07, 6.45) is 3.01. The summed E-state index contributed by atoms with van der Waals surface area (Å²) in [5.74, 6) is -1.29. The van der Waals surface area contributed by atoms with Crippen molar-refractivity contribution in [1.29, 1.82) is 0 Å². The molecule has 86 valence electrons. The number of halogens is 2. The van der Waals surface area contributed by atoms with Gasteiger partial charge in [-0.05, 0) is 31.4 Å². The molecule has 1 aliphatic carbocycles. The van der Waals surface area contributed by atoms with E-state index in [4.69, 9.17) is 5.73 Å². The highest BCUT2D eigenvalue weighted by Gasteiger charge is 2.21. The van der Waals surface area contributed by atoms with Crippen LogP contribution in [-0.4, -0.2) is 11.0 Å². The van der Waals surface area contributed by atoms with Crippen molar-refractivity contribution in [3.63, 3.8) is 0 Å². The zero-order valence-corrected chi connectivity index (χ0v) is 9.41. The number of hydrogen-bond donors (Lipinski definition) is 2. The smallest absolute Gasteiger partial charge is 0.150 e. The quantitative estimate of drug-likeness (QED) is 0.800. The molecule has 1 fully saturated rings. The van der Waals surface area contributed by atoms with Crippen molar-refractivity contribution in [2.45, 2.75) is 25.3 Å². The van der Waals surface area contributed by atoms with E-state index in [0.717, 1.165) is 31.4 Å². The number of benzene rings is 1. The van der Waals surface area contributed by atoms with Crippen LogP contribution in [0.4, 0.5) is 14.5 Å². The molecular formula is C11H12F2N2S. The number of thiocarbonyl (C=S) groups is 1. The number of hydrogen-bond acceptors (Lipinski definition) is 2. The van der Waals surface area contributed by atoms with Crippen LogP contribution in [0.25, 0.3) is 0 Å². The minimum Gasteiger partial charge on any atom is -0.389 e. The predicted octanol–water partition coefficient (Wildman–Crippen LogP) is 2.56. The van der Waals surface area contributed by atoms with Crippen LogP contribution in [0.5, 0.6) is 0 Å². The maximum absolute atomic E-state index is 13.6. The molecule has 0 saturated heterocycles. The summed E-state index contributed by atoms with van der Waals surface area (Å²) in [5.41, 5.74) is 5.45. The lowest BCUT2D eigenvalue weighted by molar-refractivity contribution is 0.440. The molecule has 1 saturated carbocycles. The van der Waals surface area contributed by atoms with E-state index >= 15 is 0 Å². The highest BCUT2D eigenvalue weighted by atomic mass is 32.1. The second-order valence-electron chi connectivity index (χ2n) is 3.95. The van der Waals surface area contributed by atoms with E-state index in [1.54, 1.807) is 0 Å². The van der Waals surface area contributed by atoms with Crippen LogP contribution < -0.4 is 11.1 Å². The van der Waals surface area contributed by atoms with E-state index in [2.05, 4.69) is 17.5 Å². The first-order valence-corrected chi connectivity index (χ1v) is 5.54. The summed E-state index contributed by atoms with van der Waals surface area (Å²) in [6, 6.07) is 2.50. The number of nitrogens with one attached hydrogen (secondary N) is 1. The highest BCUT2D eigenvalue weighted by molar-refractivity contribution is 7.80. The van der Waals surface area contributed by atoms with Crippen LogP contribution in [0.15, 0.2) is 12.1 Å². The zero-order chi connectivity index (χ0) is 11.7. The average molecular weight is 242 g/mol. The van der Waals surface area contributed by atoms with Crippen molar-refractivity contribution in [2.75, 3.05) is 5.32 Å². The van der Waals surface area contributed by atoms with Gasteiger partial charge in [0.2, 0.25) is 0 Å². The molecule has 0 radical (unpaired) electrons. The van der Waals surface area contributed by atoms with Crippen molar-refractivity contribution < 1.29 is 8.78 Å². The van der Waals surface area contributed by atoms with Crippen LogP contribution in [-0.2, 0) is 0 Å². The predicted molar refractivity (Wildman–Crippen MR) is 63.5 cm³/mol. The first-order chi connectivity index (χ1) is 7.58. The fourth-order valence-corrected chi connectivity index (χ4v) is 1.73. The van der Waals surface area contributed by atoms with Crippen molar-refractivity contribution in [3.05, 3.63) is 29.3 Å². The Kier molecular flexibility index (Phi) is 3.05. The third kappa shape index (κ3) is 2.14. The number of anilines is 1. The molecule has 0 spiro atoms. The van der Waals surface area contributed by atoms with Crippen LogP contribution in [0, 0.1) is 11.6 Å². The van der Waals surface area contributed by atoms with Gasteiger partial charge in [0.1, 0.15) is 22.3 Å². The third-order valence-corrected chi connectivity index (χ3v) is 3.02. The molecule has 0 aromatic heterocycles. The van der Waals surface area contributed by atoms with E-state index in [0.29, 0.717) is 0 Å². The van der Waals surface area contributed by atoms with Crippen molar-refractivity contribution in [3.8, 4) is 0 Å². The maximum atomic E-state index is 13.6. The Morgan fingerprint density at radius 1 is 1.31 bits per heavy atom. The Balaban J connectivity index is 2.27. The van der Waals surface area contributed by atoms with E-state index in [9.17, 15) is 8.78 Å². The molecule has 2 rings (SSSR count). The molecule has 0 atom stereocenters. The van der Waals surface area contributed by atoms with Gasteiger partial charge in [-0.2, -0.15) is 0 Å². The van der Waals surface area contributed by atoms with E-state index in [-0.39, 0.29) is 22.3 Å². The summed E-state index contributed by atoms with van der Waals surface area (Å²) in [7, 11) is 0. The average Bonchev–Trinajstić information content (AvgIpc) is 2.13. The maximum Gasteiger partial charge on any atom is 0.150 e. The zero-order valence-electron chi connectivity index (χ0n) is 8.59. The monoisotopic (exact) mass is 242 g/mol. The van der Waals surface area contributed by atoms with Crippen LogP contribution in [0.3, 0.4) is 0 Å². The molecule has 1 aromatic carbocycles. The molecule has 1 aliphatic rings. The molecule has 0 heterocycles. The molecule has 2 nitrogen and oxygen atoms in total. The molecule has 3 N–H and O–H groups in total. The summed E-state index contributed by atoms with van der Waals surface area (Å²) >= 11 is 4.67. The van der Waals surface area contributed by atoms with Crippen LogP contribution in [0.1, 0.15) is 24.8 Å². The molecule has 0 amide bonds. The lowest BCUT2D eigenvalue weighted by Crippen LogP contribution is -2.28. The number of rotatable bonds is 3. The van der Waals surface area contributed by atoms with Crippen molar-refractivity contribution in [1.82, 2.24) is 0 Å². The van der Waals surface area contributed by atoms with Crippen LogP contribution in [0.2, 0.25) is 0 Å². The van der Waals surface area contributed by atoms with E-state index in [1.165, 1.54) is 0 Å². The summed E-state index contributed by atoms with van der Waals surface area (Å²) in [6.45, 7) is 0. The van der Waals surface area contributed by atoms with Gasteiger partial charge in [0.15, 0.2) is 0 Å². The lowest BCUT2D eigenvalue weighted by Gasteiger charge is -2.27. The van der Waals surface area contributed by atoms with Gasteiger partial charge in [0, 0.05) is 11.6 Å². The molecule has 16 heavy (non-hydrogen) atoms.